The number of rotatable bonds is 7. The summed E-state index contributed by atoms with van der Waals surface area (Å²) in [6.07, 6.45) is 1.24. The number of nitrogens with zero attached hydrogens (tertiary/aromatic N) is 1. The molecule has 0 aliphatic rings. The molecule has 0 fully saturated rings. The predicted molar refractivity (Wildman–Crippen MR) is 106 cm³/mol. The van der Waals surface area contributed by atoms with Crippen LogP contribution in [0.5, 0.6) is 0 Å². The third-order valence-electron chi connectivity index (χ3n) is 4.20. The van der Waals surface area contributed by atoms with E-state index in [2.05, 4.69) is 5.32 Å². The Morgan fingerprint density at radius 3 is 2.48 bits per heavy atom. The molecule has 0 spiro atoms. The van der Waals surface area contributed by atoms with Crippen molar-refractivity contribution in [2.45, 2.75) is 32.9 Å². The summed E-state index contributed by atoms with van der Waals surface area (Å²) in [5.41, 5.74) is 2.11. The highest BCUT2D eigenvalue weighted by Crippen LogP contribution is 2.27. The van der Waals surface area contributed by atoms with Gasteiger partial charge >= 0.3 is 0 Å². The van der Waals surface area contributed by atoms with E-state index >= 15 is 0 Å². The Morgan fingerprint density at radius 2 is 1.93 bits per heavy atom. The zero-order valence-electron chi connectivity index (χ0n) is 15.4. The predicted octanol–water partition coefficient (Wildman–Crippen LogP) is 3.65. The maximum atomic E-state index is 13.5. The molecule has 1 amide bonds. The van der Waals surface area contributed by atoms with Gasteiger partial charge in [0, 0.05) is 6.54 Å². The van der Waals surface area contributed by atoms with Crippen LogP contribution >= 0.6 is 11.6 Å². The minimum absolute atomic E-state index is 0.141. The molecule has 5 nitrogen and oxygen atoms in total. The van der Waals surface area contributed by atoms with Crippen LogP contribution in [0.15, 0.2) is 42.5 Å². The highest BCUT2D eigenvalue weighted by Gasteiger charge is 2.31. The minimum Gasteiger partial charge on any atom is -0.350 e. The zero-order chi connectivity index (χ0) is 20.2. The number of nitrogens with one attached hydrogen (secondary N) is 1. The first kappa shape index (κ1) is 21.2. The van der Waals surface area contributed by atoms with Crippen molar-refractivity contribution in [3.05, 3.63) is 64.4 Å². The van der Waals surface area contributed by atoms with Crippen molar-refractivity contribution >= 4 is 33.2 Å². The number of amides is 1. The maximum absolute atomic E-state index is 13.5. The topological polar surface area (TPSA) is 66.5 Å². The van der Waals surface area contributed by atoms with Crippen LogP contribution in [-0.2, 0) is 21.4 Å². The molecule has 8 heteroatoms. The summed E-state index contributed by atoms with van der Waals surface area (Å²) in [4.78, 5) is 12.7. The van der Waals surface area contributed by atoms with Gasteiger partial charge < -0.3 is 5.32 Å². The van der Waals surface area contributed by atoms with Crippen molar-refractivity contribution in [2.24, 2.45) is 0 Å². The van der Waals surface area contributed by atoms with E-state index in [1.165, 1.54) is 12.1 Å². The third kappa shape index (κ3) is 5.20. The van der Waals surface area contributed by atoms with Gasteiger partial charge in [0.1, 0.15) is 11.9 Å². The Balaban J connectivity index is 2.30. The van der Waals surface area contributed by atoms with Gasteiger partial charge in [-0.2, -0.15) is 0 Å². The van der Waals surface area contributed by atoms with Gasteiger partial charge in [-0.05, 0) is 42.7 Å². The molecule has 27 heavy (non-hydrogen) atoms. The highest BCUT2D eigenvalue weighted by molar-refractivity contribution is 7.92. The first-order valence-electron chi connectivity index (χ1n) is 8.41. The van der Waals surface area contributed by atoms with Crippen LogP contribution in [0.1, 0.15) is 24.5 Å². The Hall–Kier alpha value is -2.12. The minimum atomic E-state index is -3.80. The zero-order valence-corrected chi connectivity index (χ0v) is 16.9. The fourth-order valence-electron chi connectivity index (χ4n) is 2.79. The molecular formula is C19H22ClFN2O3S. The number of anilines is 1. The van der Waals surface area contributed by atoms with Crippen molar-refractivity contribution in [2.75, 3.05) is 10.6 Å². The van der Waals surface area contributed by atoms with E-state index in [0.717, 1.165) is 27.8 Å². The van der Waals surface area contributed by atoms with Gasteiger partial charge in [0.05, 0.1) is 17.0 Å². The average molecular weight is 413 g/mol. The van der Waals surface area contributed by atoms with Crippen molar-refractivity contribution < 1.29 is 17.6 Å². The molecule has 0 aliphatic heterocycles. The van der Waals surface area contributed by atoms with Crippen LogP contribution in [-0.4, -0.2) is 26.6 Å². The monoisotopic (exact) mass is 412 g/mol. The lowest BCUT2D eigenvalue weighted by Crippen LogP contribution is -2.49. The van der Waals surface area contributed by atoms with Crippen molar-refractivity contribution in [1.82, 2.24) is 5.32 Å². The quantitative estimate of drug-likeness (QED) is 0.754. The number of hydrogen-bond donors (Lipinski definition) is 1. The van der Waals surface area contributed by atoms with E-state index in [9.17, 15) is 17.6 Å². The van der Waals surface area contributed by atoms with E-state index in [0.29, 0.717) is 0 Å². The van der Waals surface area contributed by atoms with Crippen LogP contribution in [0, 0.1) is 12.7 Å². The van der Waals surface area contributed by atoms with Gasteiger partial charge in [-0.3, -0.25) is 9.10 Å². The molecule has 2 rings (SSSR count). The second-order valence-corrected chi connectivity index (χ2v) is 8.49. The number of halogens is 2. The molecular weight excluding hydrogens is 391 g/mol. The lowest BCUT2D eigenvalue weighted by Gasteiger charge is -2.30. The Bertz CT molecular complexity index is 934. The Labute approximate surface area is 164 Å². The number of aryl methyl sites for hydroxylation is 1. The maximum Gasteiger partial charge on any atom is 0.244 e. The molecule has 0 aliphatic carbocycles. The molecule has 0 saturated heterocycles. The normalized spacial score (nSPS) is 12.5. The molecule has 1 N–H and O–H groups in total. The van der Waals surface area contributed by atoms with Gasteiger partial charge in [-0.25, -0.2) is 12.8 Å². The molecule has 0 radical (unpaired) electrons. The SMILES string of the molecule is CCC(C(=O)NCc1ccccc1C)N(c1ccc(F)c(Cl)c1)S(C)(=O)=O. The number of carbonyl (C=O) groups is 1. The molecule has 2 aromatic carbocycles. The standard InChI is InChI=1S/C19H22ClFN2O3S/c1-4-18(19(24)22-12-14-8-6-5-7-13(14)2)23(27(3,25)26)15-9-10-17(21)16(20)11-15/h5-11,18H,4,12H2,1-3H3,(H,22,24). The number of hydrogen-bond acceptors (Lipinski definition) is 3. The summed E-state index contributed by atoms with van der Waals surface area (Å²) in [5, 5.41) is 2.58. The van der Waals surface area contributed by atoms with Crippen LogP contribution in [0.3, 0.4) is 0 Å². The second kappa shape index (κ2) is 8.71. The third-order valence-corrected chi connectivity index (χ3v) is 5.67. The van der Waals surface area contributed by atoms with Crippen LogP contribution in [0.25, 0.3) is 0 Å². The largest absolute Gasteiger partial charge is 0.350 e. The van der Waals surface area contributed by atoms with Crippen LogP contribution in [0.2, 0.25) is 5.02 Å². The lowest BCUT2D eigenvalue weighted by molar-refractivity contribution is -0.122. The van der Waals surface area contributed by atoms with E-state index in [-0.39, 0.29) is 23.7 Å². The molecule has 0 aromatic heterocycles. The Morgan fingerprint density at radius 1 is 1.26 bits per heavy atom. The number of benzene rings is 2. The van der Waals surface area contributed by atoms with Gasteiger partial charge in [0.25, 0.3) is 0 Å². The molecule has 0 heterocycles. The van der Waals surface area contributed by atoms with E-state index in [4.69, 9.17) is 11.6 Å². The summed E-state index contributed by atoms with van der Waals surface area (Å²) in [5.74, 6) is -1.10. The lowest BCUT2D eigenvalue weighted by atomic mass is 10.1. The van der Waals surface area contributed by atoms with Crippen molar-refractivity contribution in [3.8, 4) is 0 Å². The molecule has 1 atom stereocenters. The first-order valence-corrected chi connectivity index (χ1v) is 10.6. The summed E-state index contributed by atoms with van der Waals surface area (Å²) in [6, 6.07) is 10.2. The van der Waals surface area contributed by atoms with Crippen molar-refractivity contribution in [3.63, 3.8) is 0 Å². The second-order valence-electron chi connectivity index (χ2n) is 6.23. The van der Waals surface area contributed by atoms with Gasteiger partial charge in [0.15, 0.2) is 0 Å². The van der Waals surface area contributed by atoms with Gasteiger partial charge in [-0.1, -0.05) is 42.8 Å². The summed E-state index contributed by atoms with van der Waals surface area (Å²) >= 11 is 5.80. The summed E-state index contributed by atoms with van der Waals surface area (Å²) in [7, 11) is -3.80. The highest BCUT2D eigenvalue weighted by atomic mass is 35.5. The van der Waals surface area contributed by atoms with E-state index < -0.39 is 27.8 Å². The molecule has 0 saturated carbocycles. The van der Waals surface area contributed by atoms with Crippen LogP contribution < -0.4 is 9.62 Å². The number of sulfonamides is 1. The van der Waals surface area contributed by atoms with E-state index in [1.54, 1.807) is 6.92 Å². The summed E-state index contributed by atoms with van der Waals surface area (Å²) in [6.45, 7) is 3.92. The van der Waals surface area contributed by atoms with Gasteiger partial charge in [0.2, 0.25) is 15.9 Å². The molecule has 2 aromatic rings. The van der Waals surface area contributed by atoms with Crippen molar-refractivity contribution in [1.29, 1.82) is 0 Å². The van der Waals surface area contributed by atoms with Gasteiger partial charge in [-0.15, -0.1) is 0 Å². The number of carbonyl (C=O) groups excluding carboxylic acids is 1. The summed E-state index contributed by atoms with van der Waals surface area (Å²) < 4.78 is 39.2. The average Bonchev–Trinajstić information content (AvgIpc) is 2.60. The Kier molecular flexibility index (Phi) is 6.84. The fraction of sp³-hybridized carbons (Fsp3) is 0.316. The van der Waals surface area contributed by atoms with Crippen LogP contribution in [0.4, 0.5) is 10.1 Å². The molecule has 0 bridgehead atoms. The fourth-order valence-corrected chi connectivity index (χ4v) is 4.17. The molecule has 1 unspecified atom stereocenters. The first-order chi connectivity index (χ1) is 12.6. The van der Waals surface area contributed by atoms with E-state index in [1.807, 2.05) is 31.2 Å². The smallest absolute Gasteiger partial charge is 0.244 e. The molecule has 146 valence electrons.